The molecule has 0 N–H and O–H groups in total. The van der Waals surface area contributed by atoms with E-state index in [2.05, 4.69) is 13.0 Å². The van der Waals surface area contributed by atoms with Crippen LogP contribution < -0.4 is 0 Å². The van der Waals surface area contributed by atoms with E-state index in [1.807, 2.05) is 13.0 Å². The highest BCUT2D eigenvalue weighted by molar-refractivity contribution is 5.55. The highest BCUT2D eigenvalue weighted by Crippen LogP contribution is 1.94. The van der Waals surface area contributed by atoms with Gasteiger partial charge < -0.3 is 4.79 Å². The van der Waals surface area contributed by atoms with Gasteiger partial charge in [0.05, 0.1) is 0 Å². The van der Waals surface area contributed by atoms with E-state index in [0.717, 1.165) is 19.1 Å². The van der Waals surface area contributed by atoms with Crippen molar-refractivity contribution in [3.63, 3.8) is 0 Å². The smallest absolute Gasteiger partial charge is 0.126 e. The molecular weight excluding hydrogens is 112 g/mol. The maximum absolute atomic E-state index is 10.0. The zero-order valence-electron chi connectivity index (χ0n) is 6.13. The average molecular weight is 126 g/mol. The third-order valence-corrected chi connectivity index (χ3v) is 1.11. The normalized spacial score (nSPS) is 14.0. The summed E-state index contributed by atoms with van der Waals surface area (Å²) in [6.07, 6.45) is 7.18. The molecular formula is C8H14O. The van der Waals surface area contributed by atoms with Crippen LogP contribution >= 0.6 is 0 Å². The fraction of sp³-hybridized carbons (Fsp3) is 0.625. The van der Waals surface area contributed by atoms with Crippen molar-refractivity contribution in [3.8, 4) is 0 Å². The number of rotatable bonds is 4. The number of carbonyl (C=O) groups is 1. The van der Waals surface area contributed by atoms with Crippen LogP contribution in [0.4, 0.5) is 0 Å². The quantitative estimate of drug-likeness (QED) is 0.417. The number of hydrogen-bond donors (Lipinski definition) is 0. The average Bonchev–Trinajstić information content (AvgIpc) is 1.89. The van der Waals surface area contributed by atoms with Gasteiger partial charge in [-0.15, -0.1) is 0 Å². The van der Waals surface area contributed by atoms with E-state index in [0.29, 0.717) is 0 Å². The fourth-order valence-electron chi connectivity index (χ4n) is 0.523. The fourth-order valence-corrected chi connectivity index (χ4v) is 0.523. The Kier molecular flexibility index (Phi) is 5.18. The third kappa shape index (κ3) is 5.28. The van der Waals surface area contributed by atoms with Crippen LogP contribution in [0.25, 0.3) is 0 Å². The van der Waals surface area contributed by atoms with Crippen molar-refractivity contribution in [2.24, 2.45) is 5.92 Å². The molecule has 0 aromatic rings. The largest absolute Gasteiger partial charge is 0.303 e. The van der Waals surface area contributed by atoms with Crippen LogP contribution in [-0.2, 0) is 4.79 Å². The first-order valence-electron chi connectivity index (χ1n) is 3.43. The molecule has 0 saturated carbocycles. The molecule has 0 fully saturated rings. The van der Waals surface area contributed by atoms with Crippen LogP contribution in [0.1, 0.15) is 26.7 Å². The molecule has 9 heavy (non-hydrogen) atoms. The first-order valence-corrected chi connectivity index (χ1v) is 3.43. The van der Waals surface area contributed by atoms with Crippen LogP contribution in [0.2, 0.25) is 0 Å². The summed E-state index contributed by atoms with van der Waals surface area (Å²) < 4.78 is 0. The van der Waals surface area contributed by atoms with E-state index in [1.165, 1.54) is 0 Å². The topological polar surface area (TPSA) is 17.1 Å². The monoisotopic (exact) mass is 126 g/mol. The van der Waals surface area contributed by atoms with Gasteiger partial charge in [-0.3, -0.25) is 0 Å². The molecule has 52 valence electrons. The maximum atomic E-state index is 10.0. The minimum Gasteiger partial charge on any atom is -0.303 e. The zero-order valence-corrected chi connectivity index (χ0v) is 6.13. The number of hydrogen-bond acceptors (Lipinski definition) is 1. The van der Waals surface area contributed by atoms with E-state index in [9.17, 15) is 4.79 Å². The molecule has 0 spiro atoms. The Morgan fingerprint density at radius 2 is 2.22 bits per heavy atom. The van der Waals surface area contributed by atoms with Crippen LogP contribution in [-0.4, -0.2) is 6.29 Å². The minimum absolute atomic E-state index is 0.0940. The summed E-state index contributed by atoms with van der Waals surface area (Å²) in [6.45, 7) is 4.01. The highest BCUT2D eigenvalue weighted by atomic mass is 16.1. The molecule has 0 amide bonds. The van der Waals surface area contributed by atoms with Crippen LogP contribution in [0.5, 0.6) is 0 Å². The molecule has 1 heteroatoms. The lowest BCUT2D eigenvalue weighted by molar-refractivity contribution is -0.109. The molecule has 0 unspecified atom stereocenters. The van der Waals surface area contributed by atoms with Crippen LogP contribution in [0.15, 0.2) is 12.2 Å². The maximum Gasteiger partial charge on any atom is 0.126 e. The van der Waals surface area contributed by atoms with Gasteiger partial charge in [0.15, 0.2) is 0 Å². The standard InChI is InChI=1S/C8H14O/c1-3-4-5-6-8(2)7-9/h5-8H,3-4H2,1-2H3/b6-5+/t8-/m0/s1. The Morgan fingerprint density at radius 3 is 2.67 bits per heavy atom. The summed E-state index contributed by atoms with van der Waals surface area (Å²) >= 11 is 0. The van der Waals surface area contributed by atoms with Crippen molar-refractivity contribution in [1.82, 2.24) is 0 Å². The number of unbranched alkanes of at least 4 members (excludes halogenated alkanes) is 1. The van der Waals surface area contributed by atoms with Crippen molar-refractivity contribution < 1.29 is 4.79 Å². The summed E-state index contributed by atoms with van der Waals surface area (Å²) in [4.78, 5) is 10.0. The van der Waals surface area contributed by atoms with Gasteiger partial charge in [0.25, 0.3) is 0 Å². The molecule has 0 aromatic heterocycles. The Labute approximate surface area is 56.8 Å². The van der Waals surface area contributed by atoms with Gasteiger partial charge in [0, 0.05) is 5.92 Å². The summed E-state index contributed by atoms with van der Waals surface area (Å²) in [5.74, 6) is 0.0940. The number of carbonyl (C=O) groups excluding carboxylic acids is 1. The van der Waals surface area contributed by atoms with E-state index in [-0.39, 0.29) is 5.92 Å². The van der Waals surface area contributed by atoms with Gasteiger partial charge in [-0.05, 0) is 6.42 Å². The van der Waals surface area contributed by atoms with Crippen molar-refractivity contribution >= 4 is 6.29 Å². The van der Waals surface area contributed by atoms with Crippen LogP contribution in [0.3, 0.4) is 0 Å². The number of aldehydes is 1. The first kappa shape index (κ1) is 8.41. The lowest BCUT2D eigenvalue weighted by Gasteiger charge is -1.89. The van der Waals surface area contributed by atoms with Gasteiger partial charge in [-0.1, -0.05) is 32.4 Å². The van der Waals surface area contributed by atoms with Crippen molar-refractivity contribution in [3.05, 3.63) is 12.2 Å². The Hall–Kier alpha value is -0.590. The van der Waals surface area contributed by atoms with Gasteiger partial charge in [-0.2, -0.15) is 0 Å². The number of allylic oxidation sites excluding steroid dienone is 2. The van der Waals surface area contributed by atoms with E-state index in [1.54, 1.807) is 0 Å². The van der Waals surface area contributed by atoms with Crippen molar-refractivity contribution in [2.75, 3.05) is 0 Å². The molecule has 0 bridgehead atoms. The summed E-state index contributed by atoms with van der Waals surface area (Å²) in [5, 5.41) is 0. The molecule has 0 saturated heterocycles. The van der Waals surface area contributed by atoms with Gasteiger partial charge >= 0.3 is 0 Å². The SMILES string of the molecule is CCC/C=C/[C@H](C)C=O. The lowest BCUT2D eigenvalue weighted by Crippen LogP contribution is -1.87. The predicted octanol–water partition coefficient (Wildman–Crippen LogP) is 2.18. The molecule has 0 aliphatic heterocycles. The molecule has 0 heterocycles. The van der Waals surface area contributed by atoms with E-state index >= 15 is 0 Å². The molecule has 1 atom stereocenters. The molecule has 0 radical (unpaired) electrons. The Balaban J connectivity index is 3.31. The van der Waals surface area contributed by atoms with Crippen molar-refractivity contribution in [2.45, 2.75) is 26.7 Å². The highest BCUT2D eigenvalue weighted by Gasteiger charge is 1.88. The van der Waals surface area contributed by atoms with E-state index < -0.39 is 0 Å². The first-order chi connectivity index (χ1) is 4.31. The predicted molar refractivity (Wildman–Crippen MR) is 39.3 cm³/mol. The molecule has 0 rings (SSSR count). The minimum atomic E-state index is 0.0940. The van der Waals surface area contributed by atoms with Crippen LogP contribution in [0, 0.1) is 5.92 Å². The Bertz CT molecular complexity index is 94.7. The molecule has 0 aliphatic carbocycles. The third-order valence-electron chi connectivity index (χ3n) is 1.11. The Morgan fingerprint density at radius 1 is 1.56 bits per heavy atom. The summed E-state index contributed by atoms with van der Waals surface area (Å²) in [5.41, 5.74) is 0. The summed E-state index contributed by atoms with van der Waals surface area (Å²) in [6, 6.07) is 0. The van der Waals surface area contributed by atoms with Gasteiger partial charge in [-0.25, -0.2) is 0 Å². The second kappa shape index (κ2) is 5.54. The van der Waals surface area contributed by atoms with Gasteiger partial charge in [0.1, 0.15) is 6.29 Å². The van der Waals surface area contributed by atoms with E-state index in [4.69, 9.17) is 0 Å². The zero-order chi connectivity index (χ0) is 7.11. The lowest BCUT2D eigenvalue weighted by atomic mass is 10.2. The second-order valence-electron chi connectivity index (χ2n) is 2.21. The second-order valence-corrected chi connectivity index (χ2v) is 2.21. The van der Waals surface area contributed by atoms with Crippen molar-refractivity contribution in [1.29, 1.82) is 0 Å². The summed E-state index contributed by atoms with van der Waals surface area (Å²) in [7, 11) is 0. The van der Waals surface area contributed by atoms with Gasteiger partial charge in [0.2, 0.25) is 0 Å². The molecule has 0 aliphatic rings. The molecule has 1 nitrogen and oxygen atoms in total. The molecule has 0 aromatic carbocycles.